The summed E-state index contributed by atoms with van der Waals surface area (Å²) >= 11 is 3.32. The highest BCUT2D eigenvalue weighted by Gasteiger charge is 2.01. The average molecular weight is 132 g/mol. The topological polar surface area (TPSA) is 0 Å². The summed E-state index contributed by atoms with van der Waals surface area (Å²) in [6, 6.07) is 0. The average Bonchev–Trinajstić information content (AvgIpc) is 1.30. The fraction of sp³-hybridized carbons (Fsp3) is 0.250. The Morgan fingerprint density at radius 1 is 1.60 bits per heavy atom. The van der Waals surface area contributed by atoms with Gasteiger partial charge >= 0.3 is 0 Å². The molecule has 0 saturated heterocycles. The van der Waals surface area contributed by atoms with Crippen LogP contribution >= 0.6 is 15.9 Å². The number of alkyl halides is 1. The van der Waals surface area contributed by atoms with Crippen molar-refractivity contribution in [2.24, 2.45) is 0 Å². The summed E-state index contributed by atoms with van der Waals surface area (Å²) < 4.78 is 0. The van der Waals surface area contributed by atoms with Gasteiger partial charge in [-0.3, -0.25) is 0 Å². The quantitative estimate of drug-likeness (QED) is 0.438. The van der Waals surface area contributed by atoms with Gasteiger partial charge in [0.25, 0.3) is 0 Å². The molecule has 0 saturated carbocycles. The molecule has 0 nitrogen and oxygen atoms in total. The Kier molecular flexibility index (Phi) is 0.772. The molecule has 0 aromatic heterocycles. The molecule has 0 aromatic rings. The molecule has 1 heteroatoms. The molecule has 1 unspecified atom stereocenters. The maximum Gasteiger partial charge on any atom is 0.0394 e. The standard InChI is InChI=1S/C4H4Br/c5-4-2-1-3-4/h1-4H. The fourth-order valence-electron chi connectivity index (χ4n) is 0.195. The van der Waals surface area contributed by atoms with Gasteiger partial charge in [0.15, 0.2) is 0 Å². The van der Waals surface area contributed by atoms with Gasteiger partial charge in [0.1, 0.15) is 0 Å². The van der Waals surface area contributed by atoms with Gasteiger partial charge in [0.05, 0.1) is 0 Å². The lowest BCUT2D eigenvalue weighted by Crippen LogP contribution is -1.98. The van der Waals surface area contributed by atoms with E-state index in [-0.39, 0.29) is 0 Å². The molecule has 1 aliphatic carbocycles. The molecule has 1 radical (unpaired) electrons. The van der Waals surface area contributed by atoms with Crippen LogP contribution in [0.4, 0.5) is 0 Å². The Morgan fingerprint density at radius 3 is 2.00 bits per heavy atom. The van der Waals surface area contributed by atoms with E-state index >= 15 is 0 Å². The van der Waals surface area contributed by atoms with E-state index in [9.17, 15) is 0 Å². The minimum absolute atomic E-state index is 0.572. The van der Waals surface area contributed by atoms with Crippen LogP contribution in [0.25, 0.3) is 0 Å². The van der Waals surface area contributed by atoms with Crippen molar-refractivity contribution < 1.29 is 0 Å². The Morgan fingerprint density at radius 2 is 2.00 bits per heavy atom. The summed E-state index contributed by atoms with van der Waals surface area (Å²) in [5.41, 5.74) is 0. The van der Waals surface area contributed by atoms with Crippen LogP contribution in [0, 0.1) is 6.42 Å². The van der Waals surface area contributed by atoms with E-state index in [4.69, 9.17) is 0 Å². The maximum absolute atomic E-state index is 3.32. The number of halogens is 1. The second-order valence-electron chi connectivity index (χ2n) is 1.02. The molecule has 1 atom stereocenters. The third-order valence-corrected chi connectivity index (χ3v) is 1.20. The number of rotatable bonds is 0. The Hall–Kier alpha value is 0.220. The second-order valence-corrected chi connectivity index (χ2v) is 2.08. The van der Waals surface area contributed by atoms with E-state index in [1.807, 2.05) is 6.08 Å². The SMILES string of the molecule is BrC1[CH]C=C1. The zero-order valence-corrected chi connectivity index (χ0v) is 4.27. The zero-order valence-electron chi connectivity index (χ0n) is 2.69. The molecule has 0 heterocycles. The van der Waals surface area contributed by atoms with Gasteiger partial charge in [-0.15, -0.1) is 0 Å². The summed E-state index contributed by atoms with van der Waals surface area (Å²) in [6.45, 7) is 0. The first-order valence-corrected chi connectivity index (χ1v) is 2.47. The molecule has 1 rings (SSSR count). The highest BCUT2D eigenvalue weighted by molar-refractivity contribution is 9.09. The van der Waals surface area contributed by atoms with Crippen LogP contribution < -0.4 is 0 Å². The predicted octanol–water partition coefficient (Wildman–Crippen LogP) is 1.52. The van der Waals surface area contributed by atoms with E-state index in [1.54, 1.807) is 0 Å². The Balaban J connectivity index is 2.39. The highest BCUT2D eigenvalue weighted by atomic mass is 79.9. The smallest absolute Gasteiger partial charge is 0.0394 e. The zero-order chi connectivity index (χ0) is 3.70. The number of allylic oxidation sites excluding steroid dienone is 2. The van der Waals surface area contributed by atoms with E-state index < -0.39 is 0 Å². The summed E-state index contributed by atoms with van der Waals surface area (Å²) in [5.74, 6) is 0. The van der Waals surface area contributed by atoms with Crippen molar-refractivity contribution in [1.29, 1.82) is 0 Å². The van der Waals surface area contributed by atoms with Crippen molar-refractivity contribution in [3.8, 4) is 0 Å². The minimum Gasteiger partial charge on any atom is -0.0839 e. The Labute approximate surface area is 40.0 Å². The van der Waals surface area contributed by atoms with E-state index in [0.29, 0.717) is 4.83 Å². The predicted molar refractivity (Wildman–Crippen MR) is 26.2 cm³/mol. The lowest BCUT2D eigenvalue weighted by atomic mass is 10.1. The molecule has 0 aromatic carbocycles. The van der Waals surface area contributed by atoms with Crippen LogP contribution in [0.1, 0.15) is 0 Å². The van der Waals surface area contributed by atoms with Crippen molar-refractivity contribution in [1.82, 2.24) is 0 Å². The molecule has 0 N–H and O–H groups in total. The van der Waals surface area contributed by atoms with Crippen LogP contribution in [0.2, 0.25) is 0 Å². The summed E-state index contributed by atoms with van der Waals surface area (Å²) in [7, 11) is 0. The third-order valence-electron chi connectivity index (χ3n) is 0.590. The summed E-state index contributed by atoms with van der Waals surface area (Å²) in [6.07, 6.45) is 6.19. The van der Waals surface area contributed by atoms with Crippen molar-refractivity contribution in [2.45, 2.75) is 4.83 Å². The van der Waals surface area contributed by atoms with Crippen molar-refractivity contribution in [3.05, 3.63) is 18.6 Å². The monoisotopic (exact) mass is 131 g/mol. The van der Waals surface area contributed by atoms with Gasteiger partial charge < -0.3 is 0 Å². The Bertz CT molecular complexity index is 56.7. The van der Waals surface area contributed by atoms with Gasteiger partial charge in [0.2, 0.25) is 0 Å². The molecule has 1 aliphatic rings. The van der Waals surface area contributed by atoms with E-state index in [1.165, 1.54) is 0 Å². The first-order chi connectivity index (χ1) is 2.39. The van der Waals surface area contributed by atoms with Crippen molar-refractivity contribution in [2.75, 3.05) is 0 Å². The first-order valence-electron chi connectivity index (χ1n) is 1.55. The van der Waals surface area contributed by atoms with Crippen LogP contribution in [-0.2, 0) is 0 Å². The molecular weight excluding hydrogens is 128 g/mol. The molecule has 0 bridgehead atoms. The fourth-order valence-corrected chi connectivity index (χ4v) is 0.548. The van der Waals surface area contributed by atoms with Gasteiger partial charge in [-0.2, -0.15) is 0 Å². The molecule has 0 amide bonds. The maximum atomic E-state index is 3.32. The first kappa shape index (κ1) is 3.41. The van der Waals surface area contributed by atoms with Crippen molar-refractivity contribution >= 4 is 15.9 Å². The van der Waals surface area contributed by atoms with Gasteiger partial charge in [-0.25, -0.2) is 0 Å². The van der Waals surface area contributed by atoms with E-state index in [2.05, 4.69) is 28.4 Å². The second kappa shape index (κ2) is 1.13. The van der Waals surface area contributed by atoms with Gasteiger partial charge in [-0.05, 0) is 0 Å². The largest absolute Gasteiger partial charge is 0.0839 e. The summed E-state index contributed by atoms with van der Waals surface area (Å²) in [4.78, 5) is 0.572. The molecule has 0 spiro atoms. The highest BCUT2D eigenvalue weighted by Crippen LogP contribution is 2.14. The van der Waals surface area contributed by atoms with Crippen LogP contribution in [0.15, 0.2) is 12.2 Å². The number of hydrogen-bond acceptors (Lipinski definition) is 0. The molecule has 5 heavy (non-hydrogen) atoms. The lowest BCUT2D eigenvalue weighted by Gasteiger charge is -2.05. The minimum atomic E-state index is 0.572. The molecule has 27 valence electrons. The van der Waals surface area contributed by atoms with Crippen LogP contribution in [-0.4, -0.2) is 4.83 Å². The van der Waals surface area contributed by atoms with Crippen LogP contribution in [0.3, 0.4) is 0 Å². The normalized spacial score (nSPS) is 33.4. The third kappa shape index (κ3) is 0.538. The summed E-state index contributed by atoms with van der Waals surface area (Å²) in [5, 5.41) is 0. The molecule has 0 fully saturated rings. The molecular formula is C4H4Br. The van der Waals surface area contributed by atoms with E-state index in [0.717, 1.165) is 0 Å². The number of hydrogen-bond donors (Lipinski definition) is 0. The molecule has 0 aliphatic heterocycles. The van der Waals surface area contributed by atoms with Crippen LogP contribution in [0.5, 0.6) is 0 Å². The van der Waals surface area contributed by atoms with Crippen molar-refractivity contribution in [3.63, 3.8) is 0 Å². The lowest BCUT2D eigenvalue weighted by molar-refractivity contribution is 1.24. The van der Waals surface area contributed by atoms with Gasteiger partial charge in [-0.1, -0.05) is 28.1 Å². The van der Waals surface area contributed by atoms with Gasteiger partial charge in [0, 0.05) is 11.2 Å².